The summed E-state index contributed by atoms with van der Waals surface area (Å²) in [5.41, 5.74) is 0.942. The van der Waals surface area contributed by atoms with Crippen molar-refractivity contribution in [2.24, 2.45) is 0 Å². The standard InChI is InChI=1S/C8H5N2.Cs/c1-2-7-6-9-5-3-8(7)10-4-1;/h1-3,5-6H;/q-1;+1. The second-order valence-corrected chi connectivity index (χ2v) is 2.01. The number of rotatable bonds is 0. The Morgan fingerprint density at radius 1 is 1.27 bits per heavy atom. The number of nitrogens with zero attached hydrogens (tertiary/aromatic N) is 2. The van der Waals surface area contributed by atoms with Crippen LogP contribution < -0.4 is 68.9 Å². The number of aromatic nitrogens is 2. The normalized spacial score (nSPS) is 9.09. The Balaban J connectivity index is 0.000000605. The zero-order chi connectivity index (χ0) is 6.81. The van der Waals surface area contributed by atoms with Gasteiger partial charge in [-0.25, -0.2) is 0 Å². The van der Waals surface area contributed by atoms with Crippen LogP contribution in [-0.2, 0) is 0 Å². The first-order valence-electron chi connectivity index (χ1n) is 3.03. The van der Waals surface area contributed by atoms with Crippen LogP contribution in [-0.4, -0.2) is 9.97 Å². The Hall–Kier alpha value is 0.612. The second kappa shape index (κ2) is 4.59. The quantitative estimate of drug-likeness (QED) is 0.536. The van der Waals surface area contributed by atoms with Gasteiger partial charge in [-0.3, -0.25) is 4.98 Å². The Labute approximate surface area is 124 Å². The smallest absolute Gasteiger partial charge is 0.386 e. The van der Waals surface area contributed by atoms with Crippen molar-refractivity contribution in [2.45, 2.75) is 0 Å². The summed E-state index contributed by atoms with van der Waals surface area (Å²) in [6.07, 6.45) is 6.27. The third kappa shape index (κ3) is 2.27. The van der Waals surface area contributed by atoms with Crippen molar-refractivity contribution in [3.05, 3.63) is 36.8 Å². The van der Waals surface area contributed by atoms with Gasteiger partial charge in [0, 0.05) is 12.4 Å². The van der Waals surface area contributed by atoms with Gasteiger partial charge >= 0.3 is 68.9 Å². The van der Waals surface area contributed by atoms with Crippen molar-refractivity contribution in [3.8, 4) is 0 Å². The molecule has 0 amide bonds. The van der Waals surface area contributed by atoms with Crippen molar-refractivity contribution in [1.29, 1.82) is 0 Å². The Bertz CT molecular complexity index is 283. The van der Waals surface area contributed by atoms with Crippen LogP contribution in [0.2, 0.25) is 0 Å². The van der Waals surface area contributed by atoms with Crippen molar-refractivity contribution in [1.82, 2.24) is 9.97 Å². The topological polar surface area (TPSA) is 25.8 Å². The van der Waals surface area contributed by atoms with Gasteiger partial charge in [0.05, 0.1) is 0 Å². The molecule has 0 aliphatic rings. The molecule has 2 aromatic rings. The van der Waals surface area contributed by atoms with Crippen molar-refractivity contribution in [2.75, 3.05) is 0 Å². The number of pyridine rings is 2. The molecule has 0 aliphatic carbocycles. The Morgan fingerprint density at radius 2 is 2.18 bits per heavy atom. The van der Waals surface area contributed by atoms with Gasteiger partial charge in [0.1, 0.15) is 0 Å². The molecule has 0 spiro atoms. The summed E-state index contributed by atoms with van der Waals surface area (Å²) < 4.78 is 0. The second-order valence-electron chi connectivity index (χ2n) is 2.01. The first-order chi connectivity index (χ1) is 4.97. The van der Waals surface area contributed by atoms with Crippen LogP contribution in [0.4, 0.5) is 0 Å². The molecule has 0 aromatic carbocycles. The molecule has 0 radical (unpaired) electrons. The fraction of sp³-hybridized carbons (Fsp3) is 0. The summed E-state index contributed by atoms with van der Waals surface area (Å²) in [5.74, 6) is 0. The number of hydrogen-bond donors (Lipinski definition) is 0. The molecule has 0 N–H and O–H groups in total. The van der Waals surface area contributed by atoms with Crippen LogP contribution in [0.15, 0.2) is 30.6 Å². The number of hydrogen-bond acceptors (Lipinski definition) is 2. The average Bonchev–Trinajstić information content (AvgIpc) is 2.05. The molecule has 0 saturated heterocycles. The van der Waals surface area contributed by atoms with Crippen LogP contribution >= 0.6 is 0 Å². The minimum Gasteiger partial charge on any atom is -0.386 e. The molecule has 11 heavy (non-hydrogen) atoms. The third-order valence-corrected chi connectivity index (χ3v) is 1.35. The van der Waals surface area contributed by atoms with E-state index in [-0.39, 0.29) is 68.9 Å². The van der Waals surface area contributed by atoms with E-state index >= 15 is 0 Å². The number of fused-ring (bicyclic) bond motifs is 1. The molecule has 2 nitrogen and oxygen atoms in total. The fourth-order valence-electron chi connectivity index (χ4n) is 0.863. The zero-order valence-corrected chi connectivity index (χ0v) is 12.6. The monoisotopic (exact) mass is 262 g/mol. The van der Waals surface area contributed by atoms with E-state index in [4.69, 9.17) is 0 Å². The van der Waals surface area contributed by atoms with Gasteiger partial charge in [-0.1, -0.05) is 17.6 Å². The molecule has 2 heterocycles. The first-order valence-corrected chi connectivity index (χ1v) is 3.03. The van der Waals surface area contributed by atoms with Crippen molar-refractivity contribution >= 4 is 10.9 Å². The molecule has 48 valence electrons. The fourth-order valence-corrected chi connectivity index (χ4v) is 0.863. The molecule has 2 aromatic heterocycles. The Morgan fingerprint density at radius 3 is 3.00 bits per heavy atom. The summed E-state index contributed by atoms with van der Waals surface area (Å²) in [6, 6.07) is 5.59. The van der Waals surface area contributed by atoms with E-state index in [0.29, 0.717) is 0 Å². The van der Waals surface area contributed by atoms with E-state index < -0.39 is 0 Å². The minimum absolute atomic E-state index is 0. The van der Waals surface area contributed by atoms with Gasteiger partial charge in [-0.2, -0.15) is 12.1 Å². The largest absolute Gasteiger partial charge is 1.00 e. The molecular formula is C8H5CsN2. The molecular weight excluding hydrogens is 257 g/mol. The van der Waals surface area contributed by atoms with Crippen LogP contribution in [0.5, 0.6) is 0 Å². The molecule has 0 fully saturated rings. The van der Waals surface area contributed by atoms with E-state index in [1.165, 1.54) is 0 Å². The molecule has 2 rings (SSSR count). The maximum Gasteiger partial charge on any atom is 1.00 e. The van der Waals surface area contributed by atoms with Crippen LogP contribution in [0, 0.1) is 6.20 Å². The van der Waals surface area contributed by atoms with Gasteiger partial charge in [-0.15, -0.1) is 0 Å². The molecule has 3 heteroatoms. The molecule has 0 saturated carbocycles. The molecule has 0 bridgehead atoms. The maximum atomic E-state index is 4.02. The summed E-state index contributed by atoms with van der Waals surface area (Å²) in [7, 11) is 0. The maximum absolute atomic E-state index is 4.02. The third-order valence-electron chi connectivity index (χ3n) is 1.35. The molecule has 0 unspecified atom stereocenters. The Kier molecular flexibility index (Phi) is 4.05. The molecule has 0 atom stereocenters. The zero-order valence-electron chi connectivity index (χ0n) is 6.28. The van der Waals surface area contributed by atoms with Crippen LogP contribution in [0.25, 0.3) is 10.9 Å². The van der Waals surface area contributed by atoms with Gasteiger partial charge in [0.25, 0.3) is 0 Å². The predicted molar refractivity (Wildman–Crippen MR) is 38.4 cm³/mol. The summed E-state index contributed by atoms with van der Waals surface area (Å²) in [4.78, 5) is 7.98. The van der Waals surface area contributed by atoms with Crippen molar-refractivity contribution in [3.63, 3.8) is 0 Å². The van der Waals surface area contributed by atoms with E-state index in [0.717, 1.165) is 10.9 Å². The van der Waals surface area contributed by atoms with Gasteiger partial charge in [0.15, 0.2) is 0 Å². The van der Waals surface area contributed by atoms with Gasteiger partial charge in [0.2, 0.25) is 0 Å². The molecule has 0 aliphatic heterocycles. The van der Waals surface area contributed by atoms with Gasteiger partial charge < -0.3 is 4.98 Å². The van der Waals surface area contributed by atoms with E-state index in [1.54, 1.807) is 18.5 Å². The first kappa shape index (κ1) is 9.70. The van der Waals surface area contributed by atoms with Crippen molar-refractivity contribution < 1.29 is 68.9 Å². The predicted octanol–water partition coefficient (Wildman–Crippen LogP) is -1.57. The van der Waals surface area contributed by atoms with Crippen LogP contribution in [0.3, 0.4) is 0 Å². The van der Waals surface area contributed by atoms with E-state index in [2.05, 4.69) is 16.2 Å². The summed E-state index contributed by atoms with van der Waals surface area (Å²) >= 11 is 0. The van der Waals surface area contributed by atoms with E-state index in [9.17, 15) is 0 Å². The van der Waals surface area contributed by atoms with E-state index in [1.807, 2.05) is 12.1 Å². The summed E-state index contributed by atoms with van der Waals surface area (Å²) in [6.45, 7) is 0. The van der Waals surface area contributed by atoms with Crippen LogP contribution in [0.1, 0.15) is 0 Å². The summed E-state index contributed by atoms with van der Waals surface area (Å²) in [5, 5.41) is 1.06. The minimum atomic E-state index is 0. The average molecular weight is 262 g/mol. The van der Waals surface area contributed by atoms with Gasteiger partial charge in [-0.05, 0) is 5.52 Å². The SMILES string of the molecule is [Cs+].[c-]1ccc2cnccc2n1.